The highest BCUT2D eigenvalue weighted by Gasteiger charge is 2.18. The first kappa shape index (κ1) is 14.6. The van der Waals surface area contributed by atoms with E-state index >= 15 is 0 Å². The van der Waals surface area contributed by atoms with Gasteiger partial charge in [0.1, 0.15) is 11.5 Å². The Balaban J connectivity index is 2.36. The minimum atomic E-state index is -0.719. The van der Waals surface area contributed by atoms with Crippen LogP contribution in [-0.4, -0.2) is 10.8 Å². The maximum Gasteiger partial charge on any atom is 0.293 e. The minimum Gasteiger partial charge on any atom is -0.316 e. The number of carbonyl (C=O) groups is 1. The molecular weight excluding hydrogens is 275 g/mol. The Labute approximate surface area is 120 Å². The molecule has 0 saturated heterocycles. The molecule has 0 radical (unpaired) electrons. The van der Waals surface area contributed by atoms with Crippen LogP contribution in [0, 0.1) is 29.8 Å². The summed E-state index contributed by atoms with van der Waals surface area (Å²) < 4.78 is 13.7. The number of rotatable bonds is 3. The molecule has 0 heterocycles. The maximum absolute atomic E-state index is 13.7. The van der Waals surface area contributed by atoms with Gasteiger partial charge in [-0.2, -0.15) is 0 Å². The van der Waals surface area contributed by atoms with E-state index in [-0.39, 0.29) is 16.9 Å². The van der Waals surface area contributed by atoms with E-state index < -0.39 is 16.6 Å². The molecule has 0 saturated carbocycles. The standard InChI is InChI=1S/C15H13FN2O3/c1-9-3-5-12(16)11(7-9)15(19)17-13-6-4-10(2)8-14(13)18(20)21/h3-8H,1-2H3,(H,17,19). The quantitative estimate of drug-likeness (QED) is 0.692. The number of amides is 1. The molecule has 5 nitrogen and oxygen atoms in total. The van der Waals surface area contributed by atoms with Crippen molar-refractivity contribution in [2.45, 2.75) is 13.8 Å². The van der Waals surface area contributed by atoms with Crippen molar-refractivity contribution >= 4 is 17.3 Å². The van der Waals surface area contributed by atoms with Crippen LogP contribution in [0.5, 0.6) is 0 Å². The molecule has 21 heavy (non-hydrogen) atoms. The van der Waals surface area contributed by atoms with Crippen LogP contribution in [0.15, 0.2) is 36.4 Å². The summed E-state index contributed by atoms with van der Waals surface area (Å²) in [5.74, 6) is -1.39. The van der Waals surface area contributed by atoms with Gasteiger partial charge in [-0.3, -0.25) is 14.9 Å². The topological polar surface area (TPSA) is 72.2 Å². The number of nitrogens with one attached hydrogen (secondary N) is 1. The molecule has 0 bridgehead atoms. The summed E-state index contributed by atoms with van der Waals surface area (Å²) in [7, 11) is 0. The van der Waals surface area contributed by atoms with Crippen molar-refractivity contribution in [2.75, 3.05) is 5.32 Å². The van der Waals surface area contributed by atoms with E-state index in [0.29, 0.717) is 5.56 Å². The second-order valence-electron chi connectivity index (χ2n) is 4.72. The zero-order valence-corrected chi connectivity index (χ0v) is 11.5. The molecule has 0 unspecified atom stereocenters. The highest BCUT2D eigenvalue weighted by atomic mass is 19.1. The zero-order chi connectivity index (χ0) is 15.6. The molecular formula is C15H13FN2O3. The largest absolute Gasteiger partial charge is 0.316 e. The Morgan fingerprint density at radius 2 is 1.76 bits per heavy atom. The first-order chi connectivity index (χ1) is 9.88. The lowest BCUT2D eigenvalue weighted by atomic mass is 10.1. The normalized spacial score (nSPS) is 10.2. The average molecular weight is 288 g/mol. The van der Waals surface area contributed by atoms with Crippen LogP contribution in [0.25, 0.3) is 0 Å². The van der Waals surface area contributed by atoms with Gasteiger partial charge in [-0.05, 0) is 37.6 Å². The van der Waals surface area contributed by atoms with E-state index in [4.69, 9.17) is 0 Å². The van der Waals surface area contributed by atoms with Crippen molar-refractivity contribution in [3.8, 4) is 0 Å². The van der Waals surface area contributed by atoms with Crippen molar-refractivity contribution < 1.29 is 14.1 Å². The second-order valence-corrected chi connectivity index (χ2v) is 4.72. The Hall–Kier alpha value is -2.76. The first-order valence-corrected chi connectivity index (χ1v) is 6.21. The molecule has 0 aliphatic rings. The monoisotopic (exact) mass is 288 g/mol. The summed E-state index contributed by atoms with van der Waals surface area (Å²) in [6, 6.07) is 8.54. The number of nitro groups is 1. The Kier molecular flexibility index (Phi) is 3.98. The Morgan fingerprint density at radius 3 is 2.43 bits per heavy atom. The number of carbonyl (C=O) groups excluding carboxylic acids is 1. The lowest BCUT2D eigenvalue weighted by Gasteiger charge is -2.08. The van der Waals surface area contributed by atoms with E-state index in [0.717, 1.165) is 5.56 Å². The molecule has 0 aliphatic carbocycles. The number of anilines is 1. The van der Waals surface area contributed by atoms with Gasteiger partial charge in [-0.1, -0.05) is 17.7 Å². The van der Waals surface area contributed by atoms with Gasteiger partial charge < -0.3 is 5.32 Å². The van der Waals surface area contributed by atoms with Gasteiger partial charge in [-0.15, -0.1) is 0 Å². The van der Waals surface area contributed by atoms with Crippen LogP contribution >= 0.6 is 0 Å². The first-order valence-electron chi connectivity index (χ1n) is 6.21. The summed E-state index contributed by atoms with van der Waals surface area (Å²) in [4.78, 5) is 22.5. The third kappa shape index (κ3) is 3.22. The molecule has 2 rings (SSSR count). The van der Waals surface area contributed by atoms with Gasteiger partial charge in [0.05, 0.1) is 10.5 Å². The molecule has 108 valence electrons. The van der Waals surface area contributed by atoms with Crippen LogP contribution in [0.2, 0.25) is 0 Å². The van der Waals surface area contributed by atoms with E-state index in [9.17, 15) is 19.3 Å². The van der Waals surface area contributed by atoms with E-state index in [1.54, 1.807) is 26.0 Å². The van der Waals surface area contributed by atoms with Crippen molar-refractivity contribution in [1.82, 2.24) is 0 Å². The number of hydrogen-bond donors (Lipinski definition) is 1. The van der Waals surface area contributed by atoms with Crippen LogP contribution in [0.1, 0.15) is 21.5 Å². The molecule has 6 heteroatoms. The zero-order valence-electron chi connectivity index (χ0n) is 11.5. The Morgan fingerprint density at radius 1 is 1.14 bits per heavy atom. The number of halogens is 1. The summed E-state index contributed by atoms with van der Waals surface area (Å²) in [6.07, 6.45) is 0. The number of benzene rings is 2. The maximum atomic E-state index is 13.7. The van der Waals surface area contributed by atoms with Gasteiger partial charge in [0.2, 0.25) is 0 Å². The highest BCUT2D eigenvalue weighted by molar-refractivity contribution is 6.05. The summed E-state index contributed by atoms with van der Waals surface area (Å²) in [5.41, 5.74) is 1.08. The third-order valence-corrected chi connectivity index (χ3v) is 2.96. The van der Waals surface area contributed by atoms with Crippen LogP contribution in [-0.2, 0) is 0 Å². The van der Waals surface area contributed by atoms with Gasteiger partial charge in [0.15, 0.2) is 0 Å². The predicted octanol–water partition coefficient (Wildman–Crippen LogP) is 3.60. The number of aryl methyl sites for hydroxylation is 2. The lowest BCUT2D eigenvalue weighted by Crippen LogP contribution is -2.15. The van der Waals surface area contributed by atoms with Gasteiger partial charge in [0.25, 0.3) is 11.6 Å². The van der Waals surface area contributed by atoms with Gasteiger partial charge >= 0.3 is 0 Å². The smallest absolute Gasteiger partial charge is 0.293 e. The predicted molar refractivity (Wildman–Crippen MR) is 76.9 cm³/mol. The second kappa shape index (κ2) is 5.70. The minimum absolute atomic E-state index is 0.0384. The summed E-state index contributed by atoms with van der Waals surface area (Å²) in [5, 5.41) is 13.4. The average Bonchev–Trinajstić information content (AvgIpc) is 2.43. The fourth-order valence-electron chi connectivity index (χ4n) is 1.90. The van der Waals surface area contributed by atoms with Crippen molar-refractivity contribution in [2.24, 2.45) is 0 Å². The third-order valence-electron chi connectivity index (χ3n) is 2.96. The van der Waals surface area contributed by atoms with Crippen molar-refractivity contribution in [3.63, 3.8) is 0 Å². The van der Waals surface area contributed by atoms with Crippen LogP contribution in [0.3, 0.4) is 0 Å². The molecule has 2 aromatic carbocycles. The van der Waals surface area contributed by atoms with Crippen LogP contribution in [0.4, 0.5) is 15.8 Å². The number of nitrogens with zero attached hydrogens (tertiary/aromatic N) is 1. The number of hydrogen-bond acceptors (Lipinski definition) is 3. The van der Waals surface area contributed by atoms with Crippen molar-refractivity contribution in [1.29, 1.82) is 0 Å². The fraction of sp³-hybridized carbons (Fsp3) is 0.133. The SMILES string of the molecule is Cc1ccc(F)c(C(=O)Nc2ccc(C)cc2[N+](=O)[O-])c1. The highest BCUT2D eigenvalue weighted by Crippen LogP contribution is 2.26. The lowest BCUT2D eigenvalue weighted by molar-refractivity contribution is -0.384. The van der Waals surface area contributed by atoms with Gasteiger partial charge in [0, 0.05) is 6.07 Å². The van der Waals surface area contributed by atoms with E-state index in [2.05, 4.69) is 5.32 Å². The number of nitro benzene ring substituents is 1. The van der Waals surface area contributed by atoms with Gasteiger partial charge in [-0.25, -0.2) is 4.39 Å². The summed E-state index contributed by atoms with van der Waals surface area (Å²) in [6.45, 7) is 3.43. The summed E-state index contributed by atoms with van der Waals surface area (Å²) >= 11 is 0. The Bertz CT molecular complexity index is 729. The van der Waals surface area contributed by atoms with Crippen LogP contribution < -0.4 is 5.32 Å². The fourth-order valence-corrected chi connectivity index (χ4v) is 1.90. The molecule has 1 amide bonds. The molecule has 0 fully saturated rings. The molecule has 0 aromatic heterocycles. The van der Waals surface area contributed by atoms with E-state index in [1.807, 2.05) is 0 Å². The molecule has 0 spiro atoms. The van der Waals surface area contributed by atoms with E-state index in [1.165, 1.54) is 24.3 Å². The molecule has 0 atom stereocenters. The molecule has 0 aliphatic heterocycles. The van der Waals surface area contributed by atoms with Crippen molar-refractivity contribution in [3.05, 3.63) is 69.0 Å². The molecule has 2 aromatic rings. The molecule has 1 N–H and O–H groups in total.